The highest BCUT2D eigenvalue weighted by Crippen LogP contribution is 2.03. The number of hydrogen-bond donors (Lipinski definition) is 0. The monoisotopic (exact) mass is 168 g/mol. The van der Waals surface area contributed by atoms with Crippen molar-refractivity contribution in [3.05, 3.63) is 25.3 Å². The smallest absolute Gasteiger partial charge is 0.0533 e. The zero-order valence-electron chi connectivity index (χ0n) is 8.81. The third-order valence-electron chi connectivity index (χ3n) is 1.62. The van der Waals surface area contributed by atoms with E-state index in [1.54, 1.807) is 12.2 Å². The van der Waals surface area contributed by atoms with Gasteiger partial charge >= 0.3 is 0 Å². The third-order valence-corrected chi connectivity index (χ3v) is 1.62. The molecule has 0 aromatic heterocycles. The Morgan fingerprint density at radius 1 is 0.750 bits per heavy atom. The summed E-state index contributed by atoms with van der Waals surface area (Å²) in [5.41, 5.74) is 0. The molecule has 0 bridgehead atoms. The lowest BCUT2D eigenvalue weighted by Crippen LogP contribution is -1.73. The van der Waals surface area contributed by atoms with Crippen molar-refractivity contribution in [3.8, 4) is 0 Å². The average Bonchev–Trinajstić information content (AvgIpc) is 2.13. The van der Waals surface area contributed by atoms with Gasteiger partial charge in [0, 0.05) is 0 Å². The number of allylic oxidation sites excluding steroid dienone is 2. The molecule has 0 heteroatoms. The predicted molar refractivity (Wildman–Crippen MR) is 59.4 cm³/mol. The maximum absolute atomic E-state index is 3.36. The van der Waals surface area contributed by atoms with E-state index < -0.39 is 0 Å². The first-order valence-corrected chi connectivity index (χ1v) is 5.06. The molecular weight excluding hydrogens is 144 g/mol. The Labute approximate surface area is 78.4 Å². The van der Waals surface area contributed by atoms with Gasteiger partial charge in [-0.2, -0.15) is 0 Å². The second-order valence-electron chi connectivity index (χ2n) is 2.89. The van der Waals surface area contributed by atoms with Crippen LogP contribution in [0.15, 0.2) is 25.3 Å². The topological polar surface area (TPSA) is 0 Å². The summed E-state index contributed by atoms with van der Waals surface area (Å²) >= 11 is 0. The second-order valence-corrected chi connectivity index (χ2v) is 2.89. The van der Waals surface area contributed by atoms with Crippen molar-refractivity contribution in [1.29, 1.82) is 0 Å². The third kappa shape index (κ3) is 22.7. The maximum atomic E-state index is 3.36. The van der Waals surface area contributed by atoms with E-state index in [-0.39, 0.29) is 0 Å². The molecule has 0 spiro atoms. The number of unbranched alkanes of at least 4 members (excludes halogenated alkanes) is 5. The molecule has 0 N–H and O–H groups in total. The van der Waals surface area contributed by atoms with Gasteiger partial charge in [-0.3, -0.25) is 0 Å². The van der Waals surface area contributed by atoms with Gasteiger partial charge in [0.1, 0.15) is 0 Å². The summed E-state index contributed by atoms with van der Waals surface area (Å²) in [7, 11) is 0. The van der Waals surface area contributed by atoms with Crippen LogP contribution in [0.4, 0.5) is 0 Å². The van der Waals surface area contributed by atoms with Gasteiger partial charge in [0.2, 0.25) is 0 Å². The van der Waals surface area contributed by atoms with E-state index in [9.17, 15) is 0 Å². The van der Waals surface area contributed by atoms with Crippen LogP contribution in [0.1, 0.15) is 52.4 Å². The van der Waals surface area contributed by atoms with Crippen LogP contribution in [0, 0.1) is 0 Å². The Hall–Kier alpha value is -0.520. The van der Waals surface area contributed by atoms with Gasteiger partial charge in [-0.15, -0.1) is 0 Å². The van der Waals surface area contributed by atoms with E-state index in [1.165, 1.54) is 38.5 Å². The summed E-state index contributed by atoms with van der Waals surface area (Å²) in [4.78, 5) is 0. The van der Waals surface area contributed by atoms with E-state index in [1.807, 2.05) is 0 Å². The number of hydrogen-bond acceptors (Lipinski definition) is 0. The molecule has 0 radical (unpaired) electrons. The van der Waals surface area contributed by atoms with Crippen molar-refractivity contribution in [2.75, 3.05) is 0 Å². The van der Waals surface area contributed by atoms with Crippen LogP contribution in [0.2, 0.25) is 0 Å². The molecule has 0 atom stereocenters. The minimum atomic E-state index is 1.36. The van der Waals surface area contributed by atoms with Gasteiger partial charge in [-0.05, 0) is 0 Å². The van der Waals surface area contributed by atoms with Crippen molar-refractivity contribution < 1.29 is 0 Å². The lowest BCUT2D eigenvalue weighted by atomic mass is 10.1. The molecule has 0 unspecified atom stereocenters. The van der Waals surface area contributed by atoms with E-state index in [0.717, 1.165) is 0 Å². The summed E-state index contributed by atoms with van der Waals surface area (Å²) in [6, 6.07) is 0. The van der Waals surface area contributed by atoms with Crippen molar-refractivity contribution in [2.24, 2.45) is 0 Å². The van der Waals surface area contributed by atoms with E-state index in [4.69, 9.17) is 0 Å². The first-order chi connectivity index (χ1) is 5.83. The zero-order chi connectivity index (χ0) is 9.66. The summed E-state index contributed by atoms with van der Waals surface area (Å²) < 4.78 is 0. The largest absolute Gasteiger partial charge is 0.0991 e. The standard InChI is InChI=1S/C8H18.C4H6/c1-3-5-7-8-6-4-2;1-3-4-2/h3-8H2,1-2H3;3-4H,1-2H2. The molecule has 0 heterocycles. The minimum absolute atomic E-state index is 1.36. The van der Waals surface area contributed by atoms with Gasteiger partial charge in [0.05, 0.1) is 0 Å². The predicted octanol–water partition coefficient (Wildman–Crippen LogP) is 4.73. The molecule has 0 saturated heterocycles. The highest BCUT2D eigenvalue weighted by molar-refractivity contribution is 4.88. The Morgan fingerprint density at radius 2 is 1.08 bits per heavy atom. The molecule has 0 aliphatic carbocycles. The molecular formula is C12H24. The lowest BCUT2D eigenvalue weighted by Gasteiger charge is -1.93. The van der Waals surface area contributed by atoms with Gasteiger partial charge in [0.25, 0.3) is 0 Å². The van der Waals surface area contributed by atoms with Crippen LogP contribution in [0.25, 0.3) is 0 Å². The highest BCUT2D eigenvalue weighted by atomic mass is 13.9. The lowest BCUT2D eigenvalue weighted by molar-refractivity contribution is 0.624. The van der Waals surface area contributed by atoms with Gasteiger partial charge in [0.15, 0.2) is 0 Å². The molecule has 0 aliphatic rings. The van der Waals surface area contributed by atoms with Crippen LogP contribution in [-0.2, 0) is 0 Å². The first-order valence-electron chi connectivity index (χ1n) is 5.06. The maximum Gasteiger partial charge on any atom is -0.0533 e. The molecule has 0 aromatic rings. The van der Waals surface area contributed by atoms with Crippen molar-refractivity contribution in [2.45, 2.75) is 52.4 Å². The van der Waals surface area contributed by atoms with E-state index in [0.29, 0.717) is 0 Å². The van der Waals surface area contributed by atoms with Crippen LogP contribution in [0.5, 0.6) is 0 Å². The first kappa shape index (κ1) is 14.0. The zero-order valence-corrected chi connectivity index (χ0v) is 8.81. The summed E-state index contributed by atoms with van der Waals surface area (Å²) in [6.45, 7) is 11.2. The van der Waals surface area contributed by atoms with Gasteiger partial charge < -0.3 is 0 Å². The van der Waals surface area contributed by atoms with Gasteiger partial charge in [-0.1, -0.05) is 77.7 Å². The Bertz CT molecular complexity index is 70.0. The van der Waals surface area contributed by atoms with Gasteiger partial charge in [-0.25, -0.2) is 0 Å². The molecule has 72 valence electrons. The van der Waals surface area contributed by atoms with Crippen LogP contribution in [0.3, 0.4) is 0 Å². The van der Waals surface area contributed by atoms with Crippen molar-refractivity contribution in [1.82, 2.24) is 0 Å². The molecule has 0 rings (SSSR count). The fourth-order valence-electron chi connectivity index (χ4n) is 0.854. The normalized spacial score (nSPS) is 8.17. The molecule has 12 heavy (non-hydrogen) atoms. The number of rotatable bonds is 6. The second kappa shape index (κ2) is 16.8. The molecule has 0 amide bonds. The Kier molecular flexibility index (Phi) is 19.7. The average molecular weight is 168 g/mol. The summed E-state index contributed by atoms with van der Waals surface area (Å²) in [5, 5.41) is 0. The summed E-state index contributed by atoms with van der Waals surface area (Å²) in [6.07, 6.45) is 11.8. The van der Waals surface area contributed by atoms with Crippen LogP contribution < -0.4 is 0 Å². The fourth-order valence-corrected chi connectivity index (χ4v) is 0.854. The molecule has 0 fully saturated rings. The minimum Gasteiger partial charge on any atom is -0.0991 e. The summed E-state index contributed by atoms with van der Waals surface area (Å²) in [5.74, 6) is 0. The Morgan fingerprint density at radius 3 is 1.25 bits per heavy atom. The fraction of sp³-hybridized carbons (Fsp3) is 0.667. The van der Waals surface area contributed by atoms with Crippen molar-refractivity contribution >= 4 is 0 Å². The SMILES string of the molecule is C=CC=C.CCCCCCCC. The molecule has 0 aliphatic heterocycles. The Balaban J connectivity index is 0. The van der Waals surface area contributed by atoms with Crippen molar-refractivity contribution in [3.63, 3.8) is 0 Å². The quantitative estimate of drug-likeness (QED) is 0.397. The highest BCUT2D eigenvalue weighted by Gasteiger charge is 1.83. The van der Waals surface area contributed by atoms with Crippen LogP contribution >= 0.6 is 0 Å². The molecule has 0 nitrogen and oxygen atoms in total. The van der Waals surface area contributed by atoms with E-state index in [2.05, 4.69) is 27.0 Å². The van der Waals surface area contributed by atoms with Crippen LogP contribution in [-0.4, -0.2) is 0 Å². The molecule has 0 aromatic carbocycles. The molecule has 0 saturated carbocycles. The van der Waals surface area contributed by atoms with E-state index >= 15 is 0 Å².